The van der Waals surface area contributed by atoms with Gasteiger partial charge in [-0.25, -0.2) is 0 Å². The smallest absolute Gasteiger partial charge is 0.248 e. The zero-order chi connectivity index (χ0) is 17.7. The number of carbonyl (C=O) groups excluding carboxylic acids is 1. The van der Waals surface area contributed by atoms with Crippen molar-refractivity contribution in [2.45, 2.75) is 26.2 Å². The first-order valence-electron chi connectivity index (χ1n) is 7.73. The fourth-order valence-corrected chi connectivity index (χ4v) is 2.39. The highest BCUT2D eigenvalue weighted by Crippen LogP contribution is 2.27. The van der Waals surface area contributed by atoms with Crippen LogP contribution in [0.15, 0.2) is 48.5 Å². The van der Waals surface area contributed by atoms with E-state index in [-0.39, 0.29) is 11.3 Å². The minimum atomic E-state index is -0.240. The van der Waals surface area contributed by atoms with Crippen LogP contribution in [-0.4, -0.2) is 13.0 Å². The van der Waals surface area contributed by atoms with Gasteiger partial charge in [0.15, 0.2) is 0 Å². The lowest BCUT2D eigenvalue weighted by molar-refractivity contribution is -0.111. The second kappa shape index (κ2) is 7.54. The Hall–Kier alpha value is -2.26. The number of hydrogen-bond acceptors (Lipinski definition) is 2. The van der Waals surface area contributed by atoms with Crippen LogP contribution in [0, 0.1) is 0 Å². The summed E-state index contributed by atoms with van der Waals surface area (Å²) in [4.78, 5) is 12.1. The molecule has 4 heteroatoms. The van der Waals surface area contributed by atoms with E-state index in [2.05, 4.69) is 38.2 Å². The van der Waals surface area contributed by atoms with Gasteiger partial charge in [0, 0.05) is 11.1 Å². The van der Waals surface area contributed by atoms with E-state index >= 15 is 0 Å². The second-order valence-corrected chi connectivity index (χ2v) is 6.98. The average Bonchev–Trinajstić information content (AvgIpc) is 2.53. The van der Waals surface area contributed by atoms with Gasteiger partial charge < -0.3 is 10.1 Å². The van der Waals surface area contributed by atoms with E-state index in [0.717, 1.165) is 5.56 Å². The maximum Gasteiger partial charge on any atom is 0.248 e. The number of nitrogens with one attached hydrogen (secondary N) is 1. The molecule has 1 amide bonds. The minimum absolute atomic E-state index is 0.114. The molecule has 0 aliphatic heterocycles. The van der Waals surface area contributed by atoms with Gasteiger partial charge in [-0.15, -0.1) is 0 Å². The molecule has 0 atom stereocenters. The Morgan fingerprint density at radius 3 is 2.38 bits per heavy atom. The van der Waals surface area contributed by atoms with Crippen molar-refractivity contribution in [3.8, 4) is 5.75 Å². The van der Waals surface area contributed by atoms with Crippen molar-refractivity contribution in [2.75, 3.05) is 12.4 Å². The molecule has 2 aromatic carbocycles. The lowest BCUT2D eigenvalue weighted by Gasteiger charge is -2.18. The van der Waals surface area contributed by atoms with E-state index in [1.165, 1.54) is 11.6 Å². The highest BCUT2D eigenvalue weighted by molar-refractivity contribution is 6.31. The van der Waals surface area contributed by atoms with E-state index in [9.17, 15) is 4.79 Å². The molecule has 0 aliphatic rings. The summed E-state index contributed by atoms with van der Waals surface area (Å²) in [6, 6.07) is 13.3. The molecule has 0 saturated carbocycles. The van der Waals surface area contributed by atoms with Crippen molar-refractivity contribution in [2.24, 2.45) is 0 Å². The molecule has 126 valence electrons. The number of carbonyl (C=O) groups is 1. The van der Waals surface area contributed by atoms with E-state index in [0.29, 0.717) is 16.5 Å². The molecule has 0 heterocycles. The lowest BCUT2D eigenvalue weighted by Crippen LogP contribution is -2.10. The summed E-state index contributed by atoms with van der Waals surface area (Å²) in [6.45, 7) is 6.51. The Bertz CT molecular complexity index is 743. The molecule has 1 N–H and O–H groups in total. The first-order chi connectivity index (χ1) is 11.3. The van der Waals surface area contributed by atoms with Gasteiger partial charge in [0.1, 0.15) is 5.75 Å². The van der Waals surface area contributed by atoms with E-state index in [1.54, 1.807) is 31.4 Å². The monoisotopic (exact) mass is 343 g/mol. The number of hydrogen-bond donors (Lipinski definition) is 1. The summed E-state index contributed by atoms with van der Waals surface area (Å²) in [5.41, 5.74) is 2.88. The van der Waals surface area contributed by atoms with E-state index < -0.39 is 0 Å². The normalized spacial score (nSPS) is 11.5. The number of benzene rings is 2. The topological polar surface area (TPSA) is 38.3 Å². The maximum absolute atomic E-state index is 12.1. The fraction of sp³-hybridized carbons (Fsp3) is 0.250. The second-order valence-electron chi connectivity index (χ2n) is 6.54. The summed E-state index contributed by atoms with van der Waals surface area (Å²) in [6.07, 6.45) is 3.27. The first-order valence-corrected chi connectivity index (χ1v) is 8.10. The number of rotatable bonds is 4. The predicted molar refractivity (Wildman–Crippen MR) is 101 cm³/mol. The lowest BCUT2D eigenvalue weighted by atomic mass is 9.87. The molecule has 2 aromatic rings. The average molecular weight is 344 g/mol. The van der Waals surface area contributed by atoms with Crippen LogP contribution in [0.1, 0.15) is 31.9 Å². The molecule has 0 unspecified atom stereocenters. The molecule has 0 fully saturated rings. The summed E-state index contributed by atoms with van der Waals surface area (Å²) < 4.78 is 5.21. The van der Waals surface area contributed by atoms with Gasteiger partial charge in [0.25, 0.3) is 0 Å². The van der Waals surface area contributed by atoms with Crippen LogP contribution < -0.4 is 10.1 Å². The molecule has 24 heavy (non-hydrogen) atoms. The Morgan fingerprint density at radius 2 is 1.79 bits per heavy atom. The molecule has 0 aromatic heterocycles. The largest absolute Gasteiger partial charge is 0.495 e. The Labute approximate surface area is 148 Å². The number of halogens is 1. The van der Waals surface area contributed by atoms with Crippen molar-refractivity contribution in [3.63, 3.8) is 0 Å². The van der Waals surface area contributed by atoms with Crippen molar-refractivity contribution < 1.29 is 9.53 Å². The molecule has 0 spiro atoms. The number of ether oxygens (including phenoxy) is 1. The molecule has 3 nitrogen and oxygen atoms in total. The van der Waals surface area contributed by atoms with Gasteiger partial charge in [-0.05, 0) is 40.8 Å². The molecule has 2 rings (SSSR count). The van der Waals surface area contributed by atoms with Crippen LogP contribution in [0.3, 0.4) is 0 Å². The SMILES string of the molecule is COc1ccc(Cl)cc1NC(=O)/C=C\c1ccc(C(C)(C)C)cc1. The van der Waals surface area contributed by atoms with Crippen molar-refractivity contribution in [1.82, 2.24) is 0 Å². The highest BCUT2D eigenvalue weighted by Gasteiger charge is 2.12. The molecule has 0 aliphatic carbocycles. The quantitative estimate of drug-likeness (QED) is 0.765. The maximum atomic E-state index is 12.1. The predicted octanol–water partition coefficient (Wildman–Crippen LogP) is 5.30. The third-order valence-electron chi connectivity index (χ3n) is 3.62. The van der Waals surface area contributed by atoms with Crippen LogP contribution in [-0.2, 0) is 10.2 Å². The van der Waals surface area contributed by atoms with Crippen LogP contribution >= 0.6 is 11.6 Å². The highest BCUT2D eigenvalue weighted by atomic mass is 35.5. The molecule has 0 bridgehead atoms. The molecule has 0 radical (unpaired) electrons. The zero-order valence-electron chi connectivity index (χ0n) is 14.4. The van der Waals surface area contributed by atoms with Crippen LogP contribution in [0.4, 0.5) is 5.69 Å². The van der Waals surface area contributed by atoms with Crippen molar-refractivity contribution in [1.29, 1.82) is 0 Å². The number of methoxy groups -OCH3 is 1. The van der Waals surface area contributed by atoms with Gasteiger partial charge in [0.05, 0.1) is 12.8 Å². The Kier molecular flexibility index (Phi) is 5.68. The van der Waals surface area contributed by atoms with Crippen LogP contribution in [0.2, 0.25) is 5.02 Å². The summed E-state index contributed by atoms with van der Waals surface area (Å²) in [5.74, 6) is 0.325. The summed E-state index contributed by atoms with van der Waals surface area (Å²) >= 11 is 5.96. The summed E-state index contributed by atoms with van der Waals surface area (Å²) in [5, 5.41) is 3.31. The third kappa shape index (κ3) is 4.87. The van der Waals surface area contributed by atoms with Gasteiger partial charge in [-0.3, -0.25) is 4.79 Å². The van der Waals surface area contributed by atoms with Crippen LogP contribution in [0.25, 0.3) is 6.08 Å². The Balaban J connectivity index is 2.07. The first kappa shape index (κ1) is 18.1. The van der Waals surface area contributed by atoms with Crippen molar-refractivity contribution in [3.05, 3.63) is 64.7 Å². The van der Waals surface area contributed by atoms with Gasteiger partial charge >= 0.3 is 0 Å². The molecule has 0 saturated heterocycles. The fourth-order valence-electron chi connectivity index (χ4n) is 2.22. The zero-order valence-corrected chi connectivity index (χ0v) is 15.1. The number of amides is 1. The number of anilines is 1. The van der Waals surface area contributed by atoms with Gasteiger partial charge in [0.2, 0.25) is 5.91 Å². The van der Waals surface area contributed by atoms with Gasteiger partial charge in [-0.2, -0.15) is 0 Å². The minimum Gasteiger partial charge on any atom is -0.495 e. The van der Waals surface area contributed by atoms with Crippen LogP contribution in [0.5, 0.6) is 5.75 Å². The van der Waals surface area contributed by atoms with E-state index in [4.69, 9.17) is 16.3 Å². The standard InChI is InChI=1S/C20H22ClNO2/c1-20(2,3)15-8-5-14(6-9-15)7-12-19(23)22-17-13-16(21)10-11-18(17)24-4/h5-13H,1-4H3,(H,22,23)/b12-7-. The summed E-state index contributed by atoms with van der Waals surface area (Å²) in [7, 11) is 1.55. The van der Waals surface area contributed by atoms with Gasteiger partial charge in [-0.1, -0.05) is 56.6 Å². The third-order valence-corrected chi connectivity index (χ3v) is 3.86. The van der Waals surface area contributed by atoms with E-state index in [1.807, 2.05) is 12.1 Å². The van der Waals surface area contributed by atoms with Crippen molar-refractivity contribution >= 4 is 29.3 Å². The Morgan fingerprint density at radius 1 is 1.12 bits per heavy atom. The molecular weight excluding hydrogens is 322 g/mol. The molecular formula is C20H22ClNO2.